The maximum Gasteiger partial charge on any atom is 0.322 e. The lowest BCUT2D eigenvalue weighted by molar-refractivity contribution is -0.232. The molecule has 0 aliphatic carbocycles. The highest BCUT2D eigenvalue weighted by molar-refractivity contribution is 6.31. The van der Waals surface area contributed by atoms with E-state index in [1.54, 1.807) is 11.0 Å². The van der Waals surface area contributed by atoms with Gasteiger partial charge < -0.3 is 10.2 Å². The van der Waals surface area contributed by atoms with Gasteiger partial charge in [-0.15, -0.1) is 0 Å². The SMILES string of the molecule is Cc1ccc(NC(=O)N2CC3(CC(=O)N(Cc4ccccc4)O3)C2)cc1Cl. The van der Waals surface area contributed by atoms with E-state index in [9.17, 15) is 9.59 Å². The zero-order valence-corrected chi connectivity index (χ0v) is 15.7. The van der Waals surface area contributed by atoms with E-state index in [0.29, 0.717) is 36.8 Å². The fourth-order valence-corrected chi connectivity index (χ4v) is 3.57. The Morgan fingerprint density at radius 3 is 2.67 bits per heavy atom. The first kappa shape index (κ1) is 17.8. The van der Waals surface area contributed by atoms with Crippen molar-refractivity contribution in [2.75, 3.05) is 18.4 Å². The number of hydrogen-bond donors (Lipinski definition) is 1. The van der Waals surface area contributed by atoms with E-state index in [1.807, 2.05) is 49.4 Å². The number of aryl methyl sites for hydroxylation is 1. The van der Waals surface area contributed by atoms with E-state index < -0.39 is 5.60 Å². The van der Waals surface area contributed by atoms with Gasteiger partial charge >= 0.3 is 6.03 Å². The third-order valence-electron chi connectivity index (χ3n) is 4.89. The van der Waals surface area contributed by atoms with E-state index in [2.05, 4.69) is 5.32 Å². The zero-order valence-electron chi connectivity index (χ0n) is 14.9. The Morgan fingerprint density at radius 1 is 1.22 bits per heavy atom. The molecule has 140 valence electrons. The van der Waals surface area contributed by atoms with Crippen LogP contribution < -0.4 is 5.32 Å². The number of nitrogens with zero attached hydrogens (tertiary/aromatic N) is 2. The number of carbonyl (C=O) groups is 2. The molecule has 2 fully saturated rings. The van der Waals surface area contributed by atoms with Gasteiger partial charge in [-0.3, -0.25) is 9.63 Å². The topological polar surface area (TPSA) is 61.9 Å². The monoisotopic (exact) mass is 385 g/mol. The smallest absolute Gasteiger partial charge is 0.318 e. The average Bonchev–Trinajstić information content (AvgIpc) is 2.94. The Hall–Kier alpha value is -2.57. The van der Waals surface area contributed by atoms with Gasteiger partial charge in [0.25, 0.3) is 0 Å². The molecule has 2 saturated heterocycles. The summed E-state index contributed by atoms with van der Waals surface area (Å²) in [5, 5.41) is 4.84. The first-order chi connectivity index (χ1) is 12.9. The number of benzene rings is 2. The van der Waals surface area contributed by atoms with Crippen LogP contribution in [-0.2, 0) is 16.2 Å². The van der Waals surface area contributed by atoms with Gasteiger partial charge in [-0.25, -0.2) is 9.86 Å². The highest BCUT2D eigenvalue weighted by Crippen LogP contribution is 2.36. The molecule has 1 spiro atoms. The van der Waals surface area contributed by atoms with Crippen LogP contribution in [0.5, 0.6) is 0 Å². The molecule has 0 bridgehead atoms. The molecule has 2 aromatic rings. The molecule has 0 unspecified atom stereocenters. The maximum atomic E-state index is 12.4. The van der Waals surface area contributed by atoms with Gasteiger partial charge in [0.2, 0.25) is 5.91 Å². The van der Waals surface area contributed by atoms with Gasteiger partial charge in [0.1, 0.15) is 5.60 Å². The summed E-state index contributed by atoms with van der Waals surface area (Å²) >= 11 is 6.09. The quantitative estimate of drug-likeness (QED) is 0.878. The van der Waals surface area contributed by atoms with Crippen molar-refractivity contribution in [1.82, 2.24) is 9.96 Å². The summed E-state index contributed by atoms with van der Waals surface area (Å²) in [6, 6.07) is 14.9. The fraction of sp³-hybridized carbons (Fsp3) is 0.300. The molecule has 2 aliphatic heterocycles. The summed E-state index contributed by atoms with van der Waals surface area (Å²) in [5.41, 5.74) is 2.00. The van der Waals surface area contributed by atoms with Crippen molar-refractivity contribution in [2.45, 2.75) is 25.5 Å². The third kappa shape index (κ3) is 3.63. The summed E-state index contributed by atoms with van der Waals surface area (Å²) in [6.07, 6.45) is 0.292. The molecule has 4 rings (SSSR count). The lowest BCUT2D eigenvalue weighted by Gasteiger charge is -2.45. The normalized spacial score (nSPS) is 17.9. The van der Waals surface area contributed by atoms with Crippen LogP contribution in [0.4, 0.5) is 10.5 Å². The Balaban J connectivity index is 1.33. The molecule has 0 radical (unpaired) electrons. The van der Waals surface area contributed by atoms with Crippen molar-refractivity contribution in [3.63, 3.8) is 0 Å². The van der Waals surface area contributed by atoms with Crippen molar-refractivity contribution < 1.29 is 14.4 Å². The van der Waals surface area contributed by atoms with E-state index in [0.717, 1.165) is 11.1 Å². The summed E-state index contributed by atoms with van der Waals surface area (Å²) in [6.45, 7) is 3.09. The van der Waals surface area contributed by atoms with Crippen LogP contribution in [0.2, 0.25) is 5.02 Å². The standard InChI is InChI=1S/C20H20ClN3O3/c1-14-7-8-16(9-17(14)21)22-19(26)23-12-20(13-23)10-18(25)24(27-20)11-15-5-3-2-4-6-15/h2-9H,10-13H2,1H3,(H,22,26). The Morgan fingerprint density at radius 2 is 1.96 bits per heavy atom. The molecule has 2 aliphatic rings. The minimum absolute atomic E-state index is 0.0516. The molecule has 6 nitrogen and oxygen atoms in total. The second-order valence-electron chi connectivity index (χ2n) is 7.12. The zero-order chi connectivity index (χ0) is 19.0. The van der Waals surface area contributed by atoms with Gasteiger partial charge in [-0.2, -0.15) is 0 Å². The second kappa shape index (κ2) is 6.87. The van der Waals surface area contributed by atoms with Gasteiger partial charge in [0.15, 0.2) is 0 Å². The summed E-state index contributed by atoms with van der Waals surface area (Å²) < 4.78 is 0. The summed E-state index contributed by atoms with van der Waals surface area (Å²) in [4.78, 5) is 32.2. The number of amides is 3. The molecule has 27 heavy (non-hydrogen) atoms. The molecule has 7 heteroatoms. The molecular formula is C20H20ClN3O3. The van der Waals surface area contributed by atoms with Crippen LogP contribution >= 0.6 is 11.6 Å². The number of nitrogens with one attached hydrogen (secondary N) is 1. The van der Waals surface area contributed by atoms with Crippen LogP contribution in [-0.4, -0.2) is 40.6 Å². The van der Waals surface area contributed by atoms with Crippen molar-refractivity contribution in [3.05, 3.63) is 64.7 Å². The van der Waals surface area contributed by atoms with Crippen molar-refractivity contribution in [2.24, 2.45) is 0 Å². The predicted molar refractivity (Wildman–Crippen MR) is 102 cm³/mol. The number of rotatable bonds is 3. The number of hydrogen-bond acceptors (Lipinski definition) is 3. The minimum Gasteiger partial charge on any atom is -0.318 e. The summed E-state index contributed by atoms with van der Waals surface area (Å²) in [7, 11) is 0. The molecule has 0 saturated carbocycles. The number of anilines is 1. The lowest BCUT2D eigenvalue weighted by Crippen LogP contribution is -2.64. The Bertz CT molecular complexity index is 881. The number of urea groups is 1. The van der Waals surface area contributed by atoms with Gasteiger partial charge in [0, 0.05) is 10.7 Å². The molecule has 0 atom stereocenters. The van der Waals surface area contributed by atoms with Crippen molar-refractivity contribution >= 4 is 29.2 Å². The second-order valence-corrected chi connectivity index (χ2v) is 7.52. The van der Waals surface area contributed by atoms with Gasteiger partial charge in [-0.05, 0) is 30.2 Å². The Kier molecular flexibility index (Phi) is 4.53. The van der Waals surface area contributed by atoms with Crippen molar-refractivity contribution in [1.29, 1.82) is 0 Å². The largest absolute Gasteiger partial charge is 0.322 e. The molecule has 1 N–H and O–H groups in total. The number of carbonyl (C=O) groups excluding carboxylic acids is 2. The van der Waals surface area contributed by atoms with Crippen LogP contribution in [0.25, 0.3) is 0 Å². The number of hydroxylamine groups is 2. The van der Waals surface area contributed by atoms with Crippen LogP contribution in [0.3, 0.4) is 0 Å². The third-order valence-corrected chi connectivity index (χ3v) is 5.30. The molecule has 3 amide bonds. The summed E-state index contributed by atoms with van der Waals surface area (Å²) in [5.74, 6) is -0.0516. The average molecular weight is 386 g/mol. The van der Waals surface area contributed by atoms with Gasteiger partial charge in [0.05, 0.1) is 26.1 Å². The predicted octanol–water partition coefficient (Wildman–Crippen LogP) is 3.60. The highest BCUT2D eigenvalue weighted by Gasteiger charge is 2.54. The molecule has 2 aromatic carbocycles. The minimum atomic E-state index is -0.603. The molecule has 2 heterocycles. The van der Waals surface area contributed by atoms with Crippen LogP contribution in [0.1, 0.15) is 17.5 Å². The van der Waals surface area contributed by atoms with E-state index >= 15 is 0 Å². The lowest BCUT2D eigenvalue weighted by atomic mass is 9.91. The van der Waals surface area contributed by atoms with Crippen molar-refractivity contribution in [3.8, 4) is 0 Å². The molecular weight excluding hydrogens is 366 g/mol. The van der Waals surface area contributed by atoms with E-state index in [1.165, 1.54) is 5.06 Å². The van der Waals surface area contributed by atoms with E-state index in [4.69, 9.17) is 16.4 Å². The maximum absolute atomic E-state index is 12.4. The highest BCUT2D eigenvalue weighted by atomic mass is 35.5. The van der Waals surface area contributed by atoms with Gasteiger partial charge in [-0.1, -0.05) is 48.0 Å². The van der Waals surface area contributed by atoms with Crippen LogP contribution in [0, 0.1) is 6.92 Å². The van der Waals surface area contributed by atoms with Crippen LogP contribution in [0.15, 0.2) is 48.5 Å². The fourth-order valence-electron chi connectivity index (χ4n) is 3.39. The first-order valence-corrected chi connectivity index (χ1v) is 9.17. The van der Waals surface area contributed by atoms with E-state index in [-0.39, 0.29) is 11.9 Å². The number of likely N-dealkylation sites (tertiary alicyclic amines) is 1. The first-order valence-electron chi connectivity index (χ1n) is 8.80. The Labute approximate surface area is 162 Å². The number of halogens is 1. The molecule has 0 aromatic heterocycles.